The maximum Gasteiger partial charge on any atom is 0.417 e. The van der Waals surface area contributed by atoms with E-state index in [0.29, 0.717) is 6.07 Å². The third kappa shape index (κ3) is 3.62. The van der Waals surface area contributed by atoms with Gasteiger partial charge in [0.25, 0.3) is 0 Å². The SMILES string of the molecule is CNC(=O)CN(C)c1ccc(C(=O)O)c(C(F)(F)F)c1. The van der Waals surface area contributed by atoms with E-state index in [0.717, 1.165) is 6.07 Å². The highest BCUT2D eigenvalue weighted by molar-refractivity contribution is 5.90. The van der Waals surface area contributed by atoms with Crippen molar-refractivity contribution in [2.45, 2.75) is 6.18 Å². The fourth-order valence-corrected chi connectivity index (χ4v) is 1.58. The summed E-state index contributed by atoms with van der Waals surface area (Å²) in [6, 6.07) is 2.81. The molecular weight excluding hydrogens is 277 g/mol. The first kappa shape index (κ1) is 15.8. The minimum Gasteiger partial charge on any atom is -0.478 e. The Morgan fingerprint density at radius 3 is 2.40 bits per heavy atom. The fourth-order valence-electron chi connectivity index (χ4n) is 1.58. The van der Waals surface area contributed by atoms with Crippen LogP contribution in [0.1, 0.15) is 15.9 Å². The van der Waals surface area contributed by atoms with Crippen molar-refractivity contribution in [3.05, 3.63) is 29.3 Å². The van der Waals surface area contributed by atoms with Gasteiger partial charge in [-0.15, -0.1) is 0 Å². The van der Waals surface area contributed by atoms with E-state index in [1.54, 1.807) is 0 Å². The number of halogens is 3. The molecule has 0 spiro atoms. The standard InChI is InChI=1S/C12H13F3N2O3/c1-16-10(18)6-17(2)7-3-4-8(11(19)20)9(5-7)12(13,14)15/h3-5H,6H2,1-2H3,(H,16,18)(H,19,20). The van der Waals surface area contributed by atoms with Crippen LogP contribution in [0.25, 0.3) is 0 Å². The molecule has 1 aromatic rings. The lowest BCUT2D eigenvalue weighted by molar-refractivity contribution is -0.138. The van der Waals surface area contributed by atoms with E-state index in [1.807, 2.05) is 0 Å². The van der Waals surface area contributed by atoms with Crippen LogP contribution < -0.4 is 10.2 Å². The van der Waals surface area contributed by atoms with E-state index in [4.69, 9.17) is 5.11 Å². The summed E-state index contributed by atoms with van der Waals surface area (Å²) in [5.74, 6) is -2.03. The number of likely N-dealkylation sites (N-methyl/N-ethyl adjacent to an activating group) is 2. The monoisotopic (exact) mass is 290 g/mol. The van der Waals surface area contributed by atoms with Crippen LogP contribution in [0.5, 0.6) is 0 Å². The second-order valence-electron chi connectivity index (χ2n) is 4.06. The van der Waals surface area contributed by atoms with E-state index < -0.39 is 23.3 Å². The van der Waals surface area contributed by atoms with Gasteiger partial charge < -0.3 is 15.3 Å². The Hall–Kier alpha value is -2.25. The summed E-state index contributed by atoms with van der Waals surface area (Å²) in [5, 5.41) is 11.1. The number of nitrogens with one attached hydrogen (secondary N) is 1. The molecule has 1 aromatic carbocycles. The third-order valence-corrected chi connectivity index (χ3v) is 2.64. The molecule has 110 valence electrons. The number of carboxylic acid groups (broad SMARTS) is 1. The number of rotatable bonds is 4. The second kappa shape index (κ2) is 5.81. The zero-order valence-electron chi connectivity index (χ0n) is 10.8. The minimum absolute atomic E-state index is 0.103. The number of alkyl halides is 3. The van der Waals surface area contributed by atoms with Crippen LogP contribution >= 0.6 is 0 Å². The molecule has 0 atom stereocenters. The number of carbonyl (C=O) groups is 2. The molecule has 2 N–H and O–H groups in total. The summed E-state index contributed by atoms with van der Waals surface area (Å²) >= 11 is 0. The molecule has 5 nitrogen and oxygen atoms in total. The van der Waals surface area contributed by atoms with Gasteiger partial charge in [0.1, 0.15) is 0 Å². The molecule has 0 aliphatic heterocycles. The van der Waals surface area contributed by atoms with Crippen molar-refractivity contribution in [2.24, 2.45) is 0 Å². The largest absolute Gasteiger partial charge is 0.478 e. The van der Waals surface area contributed by atoms with Gasteiger partial charge in [0.15, 0.2) is 0 Å². The van der Waals surface area contributed by atoms with Crippen LogP contribution in [-0.2, 0) is 11.0 Å². The van der Waals surface area contributed by atoms with Gasteiger partial charge in [-0.1, -0.05) is 0 Å². The minimum atomic E-state index is -4.78. The second-order valence-corrected chi connectivity index (χ2v) is 4.06. The summed E-state index contributed by atoms with van der Waals surface area (Å²) in [7, 11) is 2.84. The number of amides is 1. The lowest BCUT2D eigenvalue weighted by atomic mass is 10.1. The molecule has 0 aromatic heterocycles. The summed E-state index contributed by atoms with van der Waals surface area (Å²) in [6.45, 7) is -0.139. The molecule has 0 aliphatic rings. The van der Waals surface area contributed by atoms with Crippen LogP contribution in [-0.4, -0.2) is 37.6 Å². The van der Waals surface area contributed by atoms with Gasteiger partial charge in [0.2, 0.25) is 5.91 Å². The van der Waals surface area contributed by atoms with Gasteiger partial charge in [-0.2, -0.15) is 13.2 Å². The first-order valence-electron chi connectivity index (χ1n) is 5.53. The highest BCUT2D eigenvalue weighted by Gasteiger charge is 2.35. The Bertz CT molecular complexity index is 529. The summed E-state index contributed by atoms with van der Waals surface area (Å²) in [5.41, 5.74) is -1.97. The number of carbonyl (C=O) groups excluding carboxylic acids is 1. The molecule has 0 saturated carbocycles. The number of benzene rings is 1. The highest BCUT2D eigenvalue weighted by Crippen LogP contribution is 2.34. The number of hydrogen-bond acceptors (Lipinski definition) is 3. The molecule has 0 unspecified atom stereocenters. The molecular formula is C12H13F3N2O3. The predicted octanol–water partition coefficient (Wildman–Crippen LogP) is 1.59. The van der Waals surface area contributed by atoms with Crippen LogP contribution in [0.2, 0.25) is 0 Å². The Labute approximate surface area is 113 Å². The quantitative estimate of drug-likeness (QED) is 0.883. The first-order valence-corrected chi connectivity index (χ1v) is 5.53. The van der Waals surface area contributed by atoms with Crippen LogP contribution in [0, 0.1) is 0 Å². The zero-order chi connectivity index (χ0) is 15.5. The van der Waals surface area contributed by atoms with E-state index >= 15 is 0 Å². The van der Waals surface area contributed by atoms with Gasteiger partial charge in [0.05, 0.1) is 17.7 Å². The number of aromatic carboxylic acids is 1. The van der Waals surface area contributed by atoms with E-state index in [2.05, 4.69) is 5.32 Å². The highest BCUT2D eigenvalue weighted by atomic mass is 19.4. The molecule has 0 aliphatic carbocycles. The molecule has 0 saturated heterocycles. The molecule has 0 heterocycles. The normalized spacial score (nSPS) is 11.1. The van der Waals surface area contributed by atoms with Crippen LogP contribution in [0.15, 0.2) is 18.2 Å². The zero-order valence-corrected chi connectivity index (χ0v) is 10.8. The van der Waals surface area contributed by atoms with Crippen molar-refractivity contribution in [3.63, 3.8) is 0 Å². The van der Waals surface area contributed by atoms with Crippen molar-refractivity contribution in [2.75, 3.05) is 25.5 Å². The van der Waals surface area contributed by atoms with Gasteiger partial charge in [-0.25, -0.2) is 4.79 Å². The van der Waals surface area contributed by atoms with Gasteiger partial charge >= 0.3 is 12.1 Å². The Morgan fingerprint density at radius 2 is 1.95 bits per heavy atom. The molecule has 20 heavy (non-hydrogen) atoms. The van der Waals surface area contributed by atoms with Crippen molar-refractivity contribution >= 4 is 17.6 Å². The number of anilines is 1. The molecule has 1 amide bonds. The maximum absolute atomic E-state index is 12.8. The fraction of sp³-hybridized carbons (Fsp3) is 0.333. The lowest BCUT2D eigenvalue weighted by Crippen LogP contribution is -2.33. The van der Waals surface area contributed by atoms with Crippen molar-refractivity contribution < 1.29 is 27.9 Å². The molecule has 8 heteroatoms. The Kier molecular flexibility index (Phi) is 4.59. The van der Waals surface area contributed by atoms with E-state index in [9.17, 15) is 22.8 Å². The third-order valence-electron chi connectivity index (χ3n) is 2.64. The van der Waals surface area contributed by atoms with Gasteiger partial charge in [-0.05, 0) is 18.2 Å². The van der Waals surface area contributed by atoms with Gasteiger partial charge in [0, 0.05) is 19.8 Å². The molecule has 0 radical (unpaired) electrons. The predicted molar refractivity (Wildman–Crippen MR) is 65.7 cm³/mol. The Morgan fingerprint density at radius 1 is 1.35 bits per heavy atom. The number of carboxylic acids is 1. The number of hydrogen-bond donors (Lipinski definition) is 2. The number of nitrogens with zero attached hydrogens (tertiary/aromatic N) is 1. The maximum atomic E-state index is 12.8. The van der Waals surface area contributed by atoms with Crippen molar-refractivity contribution in [1.29, 1.82) is 0 Å². The summed E-state index contributed by atoms with van der Waals surface area (Å²) < 4.78 is 38.5. The van der Waals surface area contributed by atoms with Crippen molar-refractivity contribution in [3.8, 4) is 0 Å². The van der Waals surface area contributed by atoms with Crippen LogP contribution in [0.3, 0.4) is 0 Å². The Balaban J connectivity index is 3.19. The van der Waals surface area contributed by atoms with E-state index in [1.165, 1.54) is 25.1 Å². The molecule has 0 bridgehead atoms. The molecule has 1 rings (SSSR count). The van der Waals surface area contributed by atoms with E-state index in [-0.39, 0.29) is 18.1 Å². The smallest absolute Gasteiger partial charge is 0.417 e. The summed E-state index contributed by atoms with van der Waals surface area (Å²) in [4.78, 5) is 23.3. The summed E-state index contributed by atoms with van der Waals surface area (Å²) in [6.07, 6.45) is -4.78. The average molecular weight is 290 g/mol. The topological polar surface area (TPSA) is 69.6 Å². The van der Waals surface area contributed by atoms with Gasteiger partial charge in [-0.3, -0.25) is 4.79 Å². The van der Waals surface area contributed by atoms with Crippen molar-refractivity contribution in [1.82, 2.24) is 5.32 Å². The van der Waals surface area contributed by atoms with Crippen LogP contribution in [0.4, 0.5) is 18.9 Å². The first-order chi connectivity index (χ1) is 9.16. The average Bonchev–Trinajstić information content (AvgIpc) is 2.36. The molecule has 0 fully saturated rings. The lowest BCUT2D eigenvalue weighted by Gasteiger charge is -2.20.